The summed E-state index contributed by atoms with van der Waals surface area (Å²) in [5.74, 6) is 0. The zero-order valence-corrected chi connectivity index (χ0v) is 8.06. The Balaban J connectivity index is 3.33. The van der Waals surface area contributed by atoms with E-state index < -0.39 is 0 Å². The van der Waals surface area contributed by atoms with Gasteiger partial charge in [-0.3, -0.25) is 0 Å². The lowest BCUT2D eigenvalue weighted by Crippen LogP contribution is -2.22. The lowest BCUT2D eigenvalue weighted by Gasteiger charge is -2.09. The number of hydrogen-bond donors (Lipinski definition) is 1. The van der Waals surface area contributed by atoms with Gasteiger partial charge in [0.25, 0.3) is 0 Å². The Morgan fingerprint density at radius 2 is 2.00 bits per heavy atom. The second kappa shape index (κ2) is 7.80. The molecule has 0 amide bonds. The fourth-order valence-corrected chi connectivity index (χ4v) is 1.03. The van der Waals surface area contributed by atoms with Crippen LogP contribution >= 0.6 is 0 Å². The van der Waals surface area contributed by atoms with Gasteiger partial charge in [0.15, 0.2) is 0 Å². The van der Waals surface area contributed by atoms with E-state index in [4.69, 9.17) is 0 Å². The largest absolute Gasteiger partial charge is 0.317 e. The van der Waals surface area contributed by atoms with Gasteiger partial charge in [0.05, 0.1) is 0 Å². The van der Waals surface area contributed by atoms with Gasteiger partial charge in [-0.15, -0.1) is 0 Å². The van der Waals surface area contributed by atoms with Crippen LogP contribution in [0.2, 0.25) is 0 Å². The van der Waals surface area contributed by atoms with Gasteiger partial charge in [0.1, 0.15) is 0 Å². The minimum atomic E-state index is 0.670. The van der Waals surface area contributed by atoms with Crippen LogP contribution in [0.3, 0.4) is 0 Å². The SMILES string of the molecule is CCC/C=C/CC(CC)NC. The molecule has 11 heavy (non-hydrogen) atoms. The molecule has 1 N–H and O–H groups in total. The minimum absolute atomic E-state index is 0.670. The molecule has 0 bridgehead atoms. The highest BCUT2D eigenvalue weighted by atomic mass is 14.9. The van der Waals surface area contributed by atoms with E-state index in [9.17, 15) is 0 Å². The van der Waals surface area contributed by atoms with Gasteiger partial charge in [-0.25, -0.2) is 0 Å². The molecule has 0 aliphatic heterocycles. The highest BCUT2D eigenvalue weighted by molar-refractivity contribution is 4.85. The van der Waals surface area contributed by atoms with Crippen molar-refractivity contribution in [2.24, 2.45) is 0 Å². The minimum Gasteiger partial charge on any atom is -0.317 e. The molecular formula is C10H21N. The maximum Gasteiger partial charge on any atom is 0.00959 e. The third-order valence-electron chi connectivity index (χ3n) is 1.94. The second-order valence-corrected chi connectivity index (χ2v) is 2.89. The highest BCUT2D eigenvalue weighted by Crippen LogP contribution is 1.99. The molecule has 0 aromatic carbocycles. The van der Waals surface area contributed by atoms with Crippen molar-refractivity contribution < 1.29 is 0 Å². The van der Waals surface area contributed by atoms with Crippen LogP contribution in [0.25, 0.3) is 0 Å². The van der Waals surface area contributed by atoms with Crippen molar-refractivity contribution in [3.8, 4) is 0 Å². The normalized spacial score (nSPS) is 14.1. The molecule has 0 radical (unpaired) electrons. The molecule has 1 heteroatoms. The van der Waals surface area contributed by atoms with Crippen molar-refractivity contribution in [1.29, 1.82) is 0 Å². The summed E-state index contributed by atoms with van der Waals surface area (Å²) in [6, 6.07) is 0.670. The first kappa shape index (κ1) is 10.7. The molecule has 0 aromatic heterocycles. The Morgan fingerprint density at radius 3 is 2.45 bits per heavy atom. The van der Waals surface area contributed by atoms with Crippen LogP contribution in [0, 0.1) is 0 Å². The predicted octanol–water partition coefficient (Wildman–Crippen LogP) is 2.73. The summed E-state index contributed by atoms with van der Waals surface area (Å²) < 4.78 is 0. The van der Waals surface area contributed by atoms with Crippen molar-refractivity contribution in [2.45, 2.75) is 45.6 Å². The average Bonchev–Trinajstić information content (AvgIpc) is 2.05. The molecule has 0 aliphatic carbocycles. The smallest absolute Gasteiger partial charge is 0.00959 e. The van der Waals surface area contributed by atoms with E-state index in [0.29, 0.717) is 6.04 Å². The first-order valence-corrected chi connectivity index (χ1v) is 4.67. The van der Waals surface area contributed by atoms with Crippen LogP contribution in [0.1, 0.15) is 39.5 Å². The van der Waals surface area contributed by atoms with Crippen molar-refractivity contribution in [1.82, 2.24) is 5.32 Å². The maximum atomic E-state index is 3.28. The van der Waals surface area contributed by atoms with E-state index in [2.05, 4.69) is 31.3 Å². The summed E-state index contributed by atoms with van der Waals surface area (Å²) in [5, 5.41) is 3.28. The molecule has 1 unspecified atom stereocenters. The molecule has 1 nitrogen and oxygen atoms in total. The number of allylic oxidation sites excluding steroid dienone is 1. The predicted molar refractivity (Wildman–Crippen MR) is 51.8 cm³/mol. The van der Waals surface area contributed by atoms with Crippen LogP contribution in [-0.2, 0) is 0 Å². The molecule has 0 heterocycles. The van der Waals surface area contributed by atoms with Gasteiger partial charge in [-0.05, 0) is 26.3 Å². The number of rotatable bonds is 6. The van der Waals surface area contributed by atoms with E-state index in [0.717, 1.165) is 0 Å². The highest BCUT2D eigenvalue weighted by Gasteiger charge is 1.97. The quantitative estimate of drug-likeness (QED) is 0.582. The van der Waals surface area contributed by atoms with E-state index in [1.165, 1.54) is 25.7 Å². The summed E-state index contributed by atoms with van der Waals surface area (Å²) in [7, 11) is 2.03. The van der Waals surface area contributed by atoms with E-state index >= 15 is 0 Å². The Bertz CT molecular complexity index is 93.0. The molecule has 0 saturated heterocycles. The summed E-state index contributed by atoms with van der Waals surface area (Å²) in [6.45, 7) is 4.43. The Hall–Kier alpha value is -0.300. The molecule has 0 fully saturated rings. The van der Waals surface area contributed by atoms with Crippen LogP contribution in [0.4, 0.5) is 0 Å². The molecule has 0 aliphatic rings. The summed E-state index contributed by atoms with van der Waals surface area (Å²) in [5.41, 5.74) is 0. The zero-order chi connectivity index (χ0) is 8.53. The van der Waals surface area contributed by atoms with Crippen LogP contribution in [0.5, 0.6) is 0 Å². The first-order valence-electron chi connectivity index (χ1n) is 4.67. The molecule has 0 spiro atoms. The van der Waals surface area contributed by atoms with Crippen LogP contribution < -0.4 is 5.32 Å². The first-order chi connectivity index (χ1) is 5.35. The van der Waals surface area contributed by atoms with Gasteiger partial charge >= 0.3 is 0 Å². The number of unbranched alkanes of at least 4 members (excludes halogenated alkanes) is 1. The topological polar surface area (TPSA) is 12.0 Å². The third-order valence-corrected chi connectivity index (χ3v) is 1.94. The van der Waals surface area contributed by atoms with Gasteiger partial charge in [-0.2, -0.15) is 0 Å². The van der Waals surface area contributed by atoms with Gasteiger partial charge in [0, 0.05) is 6.04 Å². The summed E-state index contributed by atoms with van der Waals surface area (Å²) >= 11 is 0. The van der Waals surface area contributed by atoms with Gasteiger partial charge in [0.2, 0.25) is 0 Å². The van der Waals surface area contributed by atoms with Crippen molar-refractivity contribution in [3.63, 3.8) is 0 Å². The third kappa shape index (κ3) is 6.11. The monoisotopic (exact) mass is 155 g/mol. The molecule has 0 rings (SSSR count). The zero-order valence-electron chi connectivity index (χ0n) is 8.06. The Morgan fingerprint density at radius 1 is 1.27 bits per heavy atom. The molecule has 1 atom stereocenters. The van der Waals surface area contributed by atoms with Gasteiger partial charge in [-0.1, -0.05) is 32.4 Å². The fraction of sp³-hybridized carbons (Fsp3) is 0.800. The lowest BCUT2D eigenvalue weighted by molar-refractivity contribution is 0.552. The maximum absolute atomic E-state index is 3.28. The second-order valence-electron chi connectivity index (χ2n) is 2.89. The number of nitrogens with one attached hydrogen (secondary N) is 1. The molecule has 0 aromatic rings. The molecule has 66 valence electrons. The standard InChI is InChI=1S/C10H21N/c1-4-6-7-8-9-10(5-2)11-3/h7-8,10-11H,4-6,9H2,1-3H3/b8-7+. The Kier molecular flexibility index (Phi) is 7.59. The van der Waals surface area contributed by atoms with E-state index in [1.807, 2.05) is 7.05 Å². The Labute approximate surface area is 70.9 Å². The van der Waals surface area contributed by atoms with Crippen molar-refractivity contribution in [2.75, 3.05) is 7.05 Å². The van der Waals surface area contributed by atoms with E-state index in [-0.39, 0.29) is 0 Å². The lowest BCUT2D eigenvalue weighted by atomic mass is 10.1. The molecule has 0 saturated carbocycles. The average molecular weight is 155 g/mol. The fourth-order valence-electron chi connectivity index (χ4n) is 1.03. The van der Waals surface area contributed by atoms with Crippen molar-refractivity contribution >= 4 is 0 Å². The summed E-state index contributed by atoms with van der Waals surface area (Å²) in [6.07, 6.45) is 9.43. The van der Waals surface area contributed by atoms with Crippen molar-refractivity contribution in [3.05, 3.63) is 12.2 Å². The van der Waals surface area contributed by atoms with Crippen LogP contribution in [-0.4, -0.2) is 13.1 Å². The van der Waals surface area contributed by atoms with Crippen LogP contribution in [0.15, 0.2) is 12.2 Å². The summed E-state index contributed by atoms with van der Waals surface area (Å²) in [4.78, 5) is 0. The van der Waals surface area contributed by atoms with E-state index in [1.54, 1.807) is 0 Å². The molecular weight excluding hydrogens is 134 g/mol. The van der Waals surface area contributed by atoms with Gasteiger partial charge < -0.3 is 5.32 Å². The number of hydrogen-bond acceptors (Lipinski definition) is 1.